The Morgan fingerprint density at radius 2 is 1.76 bits per heavy atom. The van der Waals surface area contributed by atoms with Gasteiger partial charge in [-0.05, 0) is 29.3 Å². The highest BCUT2D eigenvalue weighted by molar-refractivity contribution is 6.38. The molecule has 0 bridgehead atoms. The molecule has 2 unspecified atom stereocenters. The van der Waals surface area contributed by atoms with Gasteiger partial charge in [-0.15, -0.1) is 12.4 Å². The van der Waals surface area contributed by atoms with Gasteiger partial charge in [0, 0.05) is 19.0 Å². The molecule has 0 saturated carbocycles. The third-order valence-electron chi connectivity index (χ3n) is 2.83. The molecule has 0 radical (unpaired) electrons. The Balaban J connectivity index is 0.00000400. The monoisotopic (exact) mass is 382 g/mol. The van der Waals surface area contributed by atoms with Crippen LogP contribution in [0.1, 0.15) is 18.6 Å². The van der Waals surface area contributed by atoms with E-state index in [-0.39, 0.29) is 41.2 Å². The van der Waals surface area contributed by atoms with Gasteiger partial charge in [0.2, 0.25) is 0 Å². The van der Waals surface area contributed by atoms with Crippen molar-refractivity contribution in [2.75, 3.05) is 18.8 Å². The van der Waals surface area contributed by atoms with Crippen LogP contribution in [0, 0.1) is 5.92 Å². The first-order chi connectivity index (χ1) is 9.12. The van der Waals surface area contributed by atoms with E-state index in [4.69, 9.17) is 40.5 Å². The largest absolute Gasteiger partial charge is 0.396 e. The molecule has 3 nitrogen and oxygen atoms in total. The third-order valence-corrected chi connectivity index (χ3v) is 3.83. The summed E-state index contributed by atoms with van der Waals surface area (Å²) in [7, 11) is 0. The minimum absolute atomic E-state index is 0. The first-order valence-electron chi connectivity index (χ1n) is 5.82. The Hall–Kier alpha value is -0.0400. The van der Waals surface area contributed by atoms with E-state index in [1.807, 2.05) is 0 Å². The van der Waals surface area contributed by atoms with Crippen LogP contribution >= 0.6 is 47.2 Å². The molecule has 0 aromatic heterocycles. The molecule has 2 atom stereocenters. The minimum atomic E-state index is -3.29. The van der Waals surface area contributed by atoms with Crippen LogP contribution in [0.2, 0.25) is 10.0 Å². The maximum Gasteiger partial charge on any atom is 0.325 e. The number of nitrogens with two attached hydrogens (primary N) is 1. The van der Waals surface area contributed by atoms with Gasteiger partial charge in [0.05, 0.1) is 21.8 Å². The van der Waals surface area contributed by atoms with E-state index in [1.165, 1.54) is 19.1 Å². The lowest BCUT2D eigenvalue weighted by Gasteiger charge is -2.19. The van der Waals surface area contributed by atoms with Crippen molar-refractivity contribution in [1.29, 1.82) is 0 Å². The van der Waals surface area contributed by atoms with Crippen LogP contribution in [0.3, 0.4) is 0 Å². The average Bonchev–Trinajstić information content (AvgIpc) is 2.33. The summed E-state index contributed by atoms with van der Waals surface area (Å²) in [6.45, 7) is 1.33. The summed E-state index contributed by atoms with van der Waals surface area (Å²) < 4.78 is 25.5. The number of nitrogens with one attached hydrogen (secondary N) is 1. The second kappa shape index (κ2) is 8.56. The number of nitrogen functional groups attached to an aromatic ring is 1. The number of benzene rings is 1. The molecule has 1 aromatic carbocycles. The summed E-state index contributed by atoms with van der Waals surface area (Å²) in [5.41, 5.74) is 6.26. The van der Waals surface area contributed by atoms with Gasteiger partial charge in [-0.1, -0.05) is 30.1 Å². The topological polar surface area (TPSA) is 58.3 Å². The number of aliphatic hydroxyl groups excluding tert-OH is 1. The van der Waals surface area contributed by atoms with Gasteiger partial charge >= 0.3 is 5.38 Å². The van der Waals surface area contributed by atoms with Crippen LogP contribution in [-0.2, 0) is 0 Å². The van der Waals surface area contributed by atoms with Crippen molar-refractivity contribution in [3.63, 3.8) is 0 Å². The van der Waals surface area contributed by atoms with Crippen LogP contribution in [0.25, 0.3) is 0 Å². The molecule has 21 heavy (non-hydrogen) atoms. The zero-order chi connectivity index (χ0) is 15.5. The van der Waals surface area contributed by atoms with E-state index in [9.17, 15) is 13.9 Å². The zero-order valence-corrected chi connectivity index (χ0v) is 14.1. The van der Waals surface area contributed by atoms with Crippen LogP contribution < -0.4 is 11.1 Å². The van der Waals surface area contributed by atoms with Crippen molar-refractivity contribution in [3.05, 3.63) is 27.7 Å². The summed E-state index contributed by atoms with van der Waals surface area (Å²) >= 11 is 16.6. The summed E-state index contributed by atoms with van der Waals surface area (Å²) in [4.78, 5) is 0. The average molecular weight is 384 g/mol. The van der Waals surface area contributed by atoms with Gasteiger partial charge in [-0.2, -0.15) is 8.78 Å². The first kappa shape index (κ1) is 21.0. The maximum absolute atomic E-state index is 12.7. The van der Waals surface area contributed by atoms with Crippen LogP contribution in [0.5, 0.6) is 0 Å². The fourth-order valence-corrected chi connectivity index (χ4v) is 2.05. The zero-order valence-electron chi connectivity index (χ0n) is 11.0. The Bertz CT molecular complexity index is 448. The van der Waals surface area contributed by atoms with Gasteiger partial charge in [-0.25, -0.2) is 0 Å². The van der Waals surface area contributed by atoms with E-state index in [2.05, 4.69) is 5.32 Å². The molecule has 1 aromatic rings. The van der Waals surface area contributed by atoms with Crippen molar-refractivity contribution in [2.24, 2.45) is 5.92 Å². The number of anilines is 1. The van der Waals surface area contributed by atoms with Gasteiger partial charge in [0.15, 0.2) is 0 Å². The number of hydrogen-bond acceptors (Lipinski definition) is 3. The minimum Gasteiger partial charge on any atom is -0.396 e. The highest BCUT2D eigenvalue weighted by atomic mass is 35.5. The summed E-state index contributed by atoms with van der Waals surface area (Å²) in [5.74, 6) is -1.06. The molecule has 0 fully saturated rings. The van der Waals surface area contributed by atoms with E-state index in [0.717, 1.165) is 0 Å². The van der Waals surface area contributed by atoms with Gasteiger partial charge in [-0.3, -0.25) is 0 Å². The molecule has 0 saturated heterocycles. The second-order valence-corrected chi connectivity index (χ2v) is 5.83. The number of hydrogen-bond donors (Lipinski definition) is 3. The summed E-state index contributed by atoms with van der Waals surface area (Å²) in [6.07, 6.45) is -0.943. The maximum atomic E-state index is 12.7. The number of rotatable bonds is 6. The third kappa shape index (κ3) is 6.30. The molecule has 1 rings (SSSR count). The van der Waals surface area contributed by atoms with Crippen molar-refractivity contribution in [3.8, 4) is 0 Å². The SMILES string of the molecule is CC(CNCC(O)c1cc(Cl)c(N)c(Cl)c1)C(F)(F)Cl.Cl. The molecule has 0 aliphatic carbocycles. The van der Waals surface area contributed by atoms with Crippen LogP contribution in [0.15, 0.2) is 12.1 Å². The molecule has 0 spiro atoms. The molecule has 4 N–H and O–H groups in total. The standard InChI is InChI=1S/C12H15Cl3F2N2O.ClH/c1-6(12(15,16)17)4-19-5-10(20)7-2-8(13)11(18)9(14)3-7;/h2-3,6,10,19-20H,4-5,18H2,1H3;1H. The number of aliphatic hydroxyl groups is 1. The highest BCUT2D eigenvalue weighted by Gasteiger charge is 2.32. The fourth-order valence-electron chi connectivity index (χ4n) is 1.47. The Morgan fingerprint density at radius 1 is 1.29 bits per heavy atom. The smallest absolute Gasteiger partial charge is 0.325 e. The molecule has 122 valence electrons. The van der Waals surface area contributed by atoms with E-state index in [0.29, 0.717) is 5.56 Å². The molecule has 9 heteroatoms. The van der Waals surface area contributed by atoms with Crippen LogP contribution in [-0.4, -0.2) is 23.6 Å². The predicted octanol–water partition coefficient (Wildman–Crippen LogP) is 4.09. The van der Waals surface area contributed by atoms with Gasteiger partial charge < -0.3 is 16.2 Å². The Labute approximate surface area is 143 Å². The normalized spacial score (nSPS) is 14.4. The fraction of sp³-hybridized carbons (Fsp3) is 0.500. The van der Waals surface area contributed by atoms with Crippen molar-refractivity contribution >= 4 is 52.9 Å². The number of alkyl halides is 3. The van der Waals surface area contributed by atoms with Crippen molar-refractivity contribution < 1.29 is 13.9 Å². The first-order valence-corrected chi connectivity index (χ1v) is 6.96. The quantitative estimate of drug-likeness (QED) is 0.512. The Morgan fingerprint density at radius 3 is 2.19 bits per heavy atom. The highest BCUT2D eigenvalue weighted by Crippen LogP contribution is 2.31. The van der Waals surface area contributed by atoms with Crippen molar-refractivity contribution in [2.45, 2.75) is 18.4 Å². The van der Waals surface area contributed by atoms with Crippen molar-refractivity contribution in [1.82, 2.24) is 5.32 Å². The summed E-state index contributed by atoms with van der Waals surface area (Å²) in [6, 6.07) is 2.96. The van der Waals surface area contributed by atoms with E-state index >= 15 is 0 Å². The lowest BCUT2D eigenvalue weighted by molar-refractivity contribution is 0.0355. The predicted molar refractivity (Wildman–Crippen MR) is 85.9 cm³/mol. The van der Waals surface area contributed by atoms with Crippen LogP contribution in [0.4, 0.5) is 14.5 Å². The molecular formula is C12H16Cl4F2N2O. The molecule has 0 aliphatic rings. The second-order valence-electron chi connectivity index (χ2n) is 4.51. The Kier molecular flexibility index (Phi) is 8.54. The molecule has 0 amide bonds. The molecular weight excluding hydrogens is 368 g/mol. The van der Waals surface area contributed by atoms with E-state index in [1.54, 1.807) is 0 Å². The summed E-state index contributed by atoms with van der Waals surface area (Å²) in [5, 5.41) is 9.82. The lowest BCUT2D eigenvalue weighted by atomic mass is 10.1. The number of halogens is 6. The lowest BCUT2D eigenvalue weighted by Crippen LogP contribution is -2.33. The molecule has 0 heterocycles. The molecule has 0 aliphatic heterocycles. The van der Waals surface area contributed by atoms with Gasteiger partial charge in [0.25, 0.3) is 0 Å². The van der Waals surface area contributed by atoms with Gasteiger partial charge in [0.1, 0.15) is 0 Å². The van der Waals surface area contributed by atoms with E-state index < -0.39 is 17.4 Å².